The number of aryl methyl sites for hydroxylation is 2. The molecule has 1 aliphatic rings. The van der Waals surface area contributed by atoms with E-state index in [2.05, 4.69) is 15.2 Å². The summed E-state index contributed by atoms with van der Waals surface area (Å²) in [5.74, 6) is 1.01. The van der Waals surface area contributed by atoms with E-state index in [0.29, 0.717) is 23.9 Å². The van der Waals surface area contributed by atoms with Gasteiger partial charge in [-0.1, -0.05) is 0 Å². The highest BCUT2D eigenvalue weighted by atomic mass is 16.5. The molecule has 0 unspecified atom stereocenters. The van der Waals surface area contributed by atoms with Gasteiger partial charge in [-0.05, 0) is 31.8 Å². The smallest absolute Gasteiger partial charge is 0.265 e. The van der Waals surface area contributed by atoms with Crippen molar-refractivity contribution in [3.63, 3.8) is 0 Å². The van der Waals surface area contributed by atoms with E-state index in [1.165, 1.54) is 0 Å². The third-order valence-electron chi connectivity index (χ3n) is 4.35. The fraction of sp³-hybridized carbons (Fsp3) is 0.600. The van der Waals surface area contributed by atoms with Gasteiger partial charge in [0.1, 0.15) is 6.04 Å². The van der Waals surface area contributed by atoms with Gasteiger partial charge in [-0.15, -0.1) is 0 Å². The van der Waals surface area contributed by atoms with Gasteiger partial charge in [0.25, 0.3) is 17.7 Å². The van der Waals surface area contributed by atoms with E-state index in [-0.39, 0.29) is 11.9 Å². The fourth-order valence-electron chi connectivity index (χ4n) is 3.04. The van der Waals surface area contributed by atoms with Gasteiger partial charge >= 0.3 is 0 Å². The quantitative estimate of drug-likeness (QED) is 0.852. The highest BCUT2D eigenvalue weighted by molar-refractivity contribution is 5.96. The van der Waals surface area contributed by atoms with Gasteiger partial charge in [-0.25, -0.2) is 0 Å². The number of carbonyl (C=O) groups is 1. The summed E-state index contributed by atoms with van der Waals surface area (Å²) in [6.07, 6.45) is 1.76. The maximum atomic E-state index is 13.0. The molecule has 2 aromatic rings. The molecule has 8 nitrogen and oxygen atoms in total. The summed E-state index contributed by atoms with van der Waals surface area (Å²) in [5, 5.41) is 8.29. The molecule has 3 rings (SSSR count). The van der Waals surface area contributed by atoms with Crippen LogP contribution in [0.25, 0.3) is 0 Å². The molecular formula is C15H22N6O2. The van der Waals surface area contributed by atoms with Crippen LogP contribution in [0.1, 0.15) is 46.5 Å². The molecule has 23 heavy (non-hydrogen) atoms. The van der Waals surface area contributed by atoms with Crippen molar-refractivity contribution >= 4 is 11.9 Å². The van der Waals surface area contributed by atoms with Crippen LogP contribution >= 0.6 is 0 Å². The van der Waals surface area contributed by atoms with Crippen LogP contribution in [0.5, 0.6) is 0 Å². The van der Waals surface area contributed by atoms with Crippen molar-refractivity contribution < 1.29 is 9.32 Å². The number of aromatic nitrogens is 4. The first-order chi connectivity index (χ1) is 10.9. The zero-order valence-electron chi connectivity index (χ0n) is 14.2. The van der Waals surface area contributed by atoms with E-state index < -0.39 is 0 Å². The second-order valence-corrected chi connectivity index (χ2v) is 6.15. The number of likely N-dealkylation sites (tertiary alicyclic amines) is 1. The van der Waals surface area contributed by atoms with Gasteiger partial charge in [0.05, 0.1) is 11.3 Å². The van der Waals surface area contributed by atoms with Gasteiger partial charge in [-0.3, -0.25) is 9.48 Å². The molecule has 3 heterocycles. The van der Waals surface area contributed by atoms with E-state index in [4.69, 9.17) is 4.52 Å². The molecule has 0 radical (unpaired) electrons. The predicted molar refractivity (Wildman–Crippen MR) is 84.3 cm³/mol. The third-order valence-corrected chi connectivity index (χ3v) is 4.35. The van der Waals surface area contributed by atoms with E-state index >= 15 is 0 Å². The summed E-state index contributed by atoms with van der Waals surface area (Å²) in [6.45, 7) is 4.47. The minimum Gasteiger partial charge on any atom is -0.344 e. The number of nitrogens with zero attached hydrogens (tertiary/aromatic N) is 6. The summed E-state index contributed by atoms with van der Waals surface area (Å²) in [6, 6.07) is -0.164. The zero-order valence-corrected chi connectivity index (χ0v) is 14.2. The Morgan fingerprint density at radius 3 is 2.65 bits per heavy atom. The highest BCUT2D eigenvalue weighted by Gasteiger charge is 2.36. The van der Waals surface area contributed by atoms with Crippen molar-refractivity contribution in [3.05, 3.63) is 22.8 Å². The molecule has 0 bridgehead atoms. The summed E-state index contributed by atoms with van der Waals surface area (Å²) < 4.78 is 7.11. The lowest BCUT2D eigenvalue weighted by Crippen LogP contribution is -2.31. The first-order valence-corrected chi connectivity index (χ1v) is 7.72. The molecule has 0 saturated carbocycles. The van der Waals surface area contributed by atoms with Crippen LogP contribution in [-0.2, 0) is 7.05 Å². The van der Waals surface area contributed by atoms with Gasteiger partial charge in [0, 0.05) is 33.4 Å². The van der Waals surface area contributed by atoms with Gasteiger partial charge < -0.3 is 14.3 Å². The molecule has 1 saturated heterocycles. The maximum absolute atomic E-state index is 13.0. The minimum atomic E-state index is -0.164. The van der Waals surface area contributed by atoms with Crippen LogP contribution in [0.3, 0.4) is 0 Å². The number of amides is 1. The van der Waals surface area contributed by atoms with Crippen molar-refractivity contribution in [2.24, 2.45) is 7.05 Å². The highest BCUT2D eigenvalue weighted by Crippen LogP contribution is 2.33. The lowest BCUT2D eigenvalue weighted by molar-refractivity contribution is 0.0708. The van der Waals surface area contributed by atoms with E-state index in [1.54, 1.807) is 9.58 Å². The Bertz CT molecular complexity index is 732. The molecule has 0 spiro atoms. The van der Waals surface area contributed by atoms with E-state index in [1.807, 2.05) is 39.9 Å². The number of hydrogen-bond donors (Lipinski definition) is 0. The fourth-order valence-corrected chi connectivity index (χ4v) is 3.04. The Balaban J connectivity index is 1.90. The molecule has 2 aromatic heterocycles. The first-order valence-electron chi connectivity index (χ1n) is 7.72. The summed E-state index contributed by atoms with van der Waals surface area (Å²) in [5.41, 5.74) is 2.30. The number of rotatable bonds is 3. The van der Waals surface area contributed by atoms with Crippen molar-refractivity contribution in [2.75, 3.05) is 25.5 Å². The van der Waals surface area contributed by atoms with Crippen molar-refractivity contribution in [3.8, 4) is 0 Å². The third kappa shape index (κ3) is 2.58. The predicted octanol–water partition coefficient (Wildman–Crippen LogP) is 1.46. The van der Waals surface area contributed by atoms with Gasteiger partial charge in [0.2, 0.25) is 0 Å². The molecule has 1 fully saturated rings. The molecule has 0 aliphatic carbocycles. The normalized spacial score (nSPS) is 17.8. The number of hydrogen-bond acceptors (Lipinski definition) is 6. The van der Waals surface area contributed by atoms with Crippen LogP contribution in [0.15, 0.2) is 4.52 Å². The zero-order chi connectivity index (χ0) is 16.7. The lowest BCUT2D eigenvalue weighted by atomic mass is 10.1. The van der Waals surface area contributed by atoms with Gasteiger partial charge in [-0.2, -0.15) is 10.1 Å². The Labute approximate surface area is 135 Å². The molecule has 1 amide bonds. The van der Waals surface area contributed by atoms with Crippen molar-refractivity contribution in [2.45, 2.75) is 32.7 Å². The average Bonchev–Trinajstić information content (AvgIpc) is 3.19. The minimum absolute atomic E-state index is 0.0137. The molecule has 1 aliphatic heterocycles. The standard InChI is InChI=1S/C15H22N6O2/c1-9-12(10(2)20(5)17-9)14(22)21-8-6-7-11(21)13-16-15(18-23-13)19(3)4/h11H,6-8H2,1-5H3/t11-/m1/s1. The molecule has 0 N–H and O–H groups in total. The maximum Gasteiger partial charge on any atom is 0.265 e. The molecule has 1 atom stereocenters. The Hall–Kier alpha value is -2.38. The second-order valence-electron chi connectivity index (χ2n) is 6.15. The monoisotopic (exact) mass is 318 g/mol. The number of carbonyl (C=O) groups excluding carboxylic acids is 1. The molecule has 8 heteroatoms. The van der Waals surface area contributed by atoms with Crippen LogP contribution in [0.4, 0.5) is 5.95 Å². The lowest BCUT2D eigenvalue weighted by Gasteiger charge is -2.22. The number of anilines is 1. The summed E-state index contributed by atoms with van der Waals surface area (Å²) in [7, 11) is 5.56. The SMILES string of the molecule is Cc1nn(C)c(C)c1C(=O)N1CCC[C@@H]1c1nc(N(C)C)no1. The van der Waals surface area contributed by atoms with Crippen molar-refractivity contribution in [1.29, 1.82) is 0 Å². The van der Waals surface area contributed by atoms with Crippen LogP contribution in [0.2, 0.25) is 0 Å². The van der Waals surface area contributed by atoms with Crippen LogP contribution < -0.4 is 4.90 Å². The molecule has 124 valence electrons. The first kappa shape index (κ1) is 15.5. The molecular weight excluding hydrogens is 296 g/mol. The Kier molecular flexibility index (Phi) is 3.83. The van der Waals surface area contributed by atoms with Crippen LogP contribution in [-0.4, -0.2) is 51.4 Å². The average molecular weight is 318 g/mol. The van der Waals surface area contributed by atoms with Crippen molar-refractivity contribution in [1.82, 2.24) is 24.8 Å². The van der Waals surface area contributed by atoms with Crippen LogP contribution in [0, 0.1) is 13.8 Å². The topological polar surface area (TPSA) is 80.3 Å². The summed E-state index contributed by atoms with van der Waals surface area (Å²) in [4.78, 5) is 21.0. The Morgan fingerprint density at radius 2 is 2.09 bits per heavy atom. The van der Waals surface area contributed by atoms with Gasteiger partial charge in [0.15, 0.2) is 0 Å². The Morgan fingerprint density at radius 1 is 1.35 bits per heavy atom. The summed E-state index contributed by atoms with van der Waals surface area (Å²) >= 11 is 0. The largest absolute Gasteiger partial charge is 0.344 e. The van der Waals surface area contributed by atoms with E-state index in [0.717, 1.165) is 24.2 Å². The van der Waals surface area contributed by atoms with E-state index in [9.17, 15) is 4.79 Å². The molecule has 0 aromatic carbocycles. The second kappa shape index (κ2) is 5.68.